The van der Waals surface area contributed by atoms with Crippen molar-refractivity contribution in [1.29, 1.82) is 0 Å². The van der Waals surface area contributed by atoms with Crippen molar-refractivity contribution in [2.24, 2.45) is 0 Å². The van der Waals surface area contributed by atoms with Crippen molar-refractivity contribution < 1.29 is 19.1 Å². The average Bonchev–Trinajstić information content (AvgIpc) is 2.47. The highest BCUT2D eigenvalue weighted by Crippen LogP contribution is 2.20. The van der Waals surface area contributed by atoms with E-state index in [4.69, 9.17) is 5.11 Å². The zero-order chi connectivity index (χ0) is 16.3. The van der Waals surface area contributed by atoms with E-state index < -0.39 is 23.3 Å². The number of benzene rings is 1. The van der Waals surface area contributed by atoms with E-state index in [1.54, 1.807) is 6.92 Å². The monoisotopic (exact) mass is 304 g/mol. The van der Waals surface area contributed by atoms with Gasteiger partial charge in [-0.25, -0.2) is 9.18 Å². The highest BCUT2D eigenvalue weighted by atomic mass is 19.1. The molecule has 2 rings (SSSR count). The molecule has 0 spiro atoms. The molecular formula is C15H13FN2O4. The molecule has 0 bridgehead atoms. The van der Waals surface area contributed by atoms with Crippen LogP contribution in [-0.2, 0) is 0 Å². The maximum absolute atomic E-state index is 14.0. The highest BCUT2D eigenvalue weighted by molar-refractivity contribution is 5.95. The molecule has 0 aliphatic carbocycles. The minimum atomic E-state index is -1.21. The lowest BCUT2D eigenvalue weighted by Crippen LogP contribution is -2.23. The van der Waals surface area contributed by atoms with Gasteiger partial charge in [0.2, 0.25) is 0 Å². The van der Waals surface area contributed by atoms with Crippen LogP contribution in [0.1, 0.15) is 27.6 Å². The van der Waals surface area contributed by atoms with Crippen molar-refractivity contribution in [2.45, 2.75) is 6.92 Å². The molecule has 22 heavy (non-hydrogen) atoms. The summed E-state index contributed by atoms with van der Waals surface area (Å²) in [5.74, 6) is -2.56. The van der Waals surface area contributed by atoms with Crippen LogP contribution in [0.15, 0.2) is 35.3 Å². The molecule has 1 aromatic carbocycles. The van der Waals surface area contributed by atoms with Gasteiger partial charge >= 0.3 is 5.97 Å². The Morgan fingerprint density at radius 2 is 2.05 bits per heavy atom. The van der Waals surface area contributed by atoms with E-state index in [0.29, 0.717) is 6.54 Å². The zero-order valence-corrected chi connectivity index (χ0v) is 11.6. The Labute approximate surface area is 124 Å². The maximum Gasteiger partial charge on any atom is 0.337 e. The molecule has 0 atom stereocenters. The normalized spacial score (nSPS) is 10.3. The number of H-pyrrole nitrogens is 1. The third kappa shape index (κ3) is 3.03. The topological polar surface area (TPSA) is 99.3 Å². The summed E-state index contributed by atoms with van der Waals surface area (Å²) >= 11 is 0. The molecule has 1 heterocycles. The highest BCUT2D eigenvalue weighted by Gasteiger charge is 2.14. The Balaban J connectivity index is 2.49. The largest absolute Gasteiger partial charge is 0.478 e. The van der Waals surface area contributed by atoms with E-state index in [1.807, 2.05) is 0 Å². The number of carbonyl (C=O) groups excluding carboxylic acids is 1. The number of hydrogen-bond donors (Lipinski definition) is 3. The van der Waals surface area contributed by atoms with Gasteiger partial charge in [-0.2, -0.15) is 0 Å². The average molecular weight is 304 g/mol. The van der Waals surface area contributed by atoms with Crippen LogP contribution in [0.2, 0.25) is 0 Å². The van der Waals surface area contributed by atoms with Crippen molar-refractivity contribution in [3.63, 3.8) is 0 Å². The van der Waals surface area contributed by atoms with Crippen molar-refractivity contribution in [2.75, 3.05) is 6.54 Å². The smallest absolute Gasteiger partial charge is 0.337 e. The number of hydrogen-bond acceptors (Lipinski definition) is 3. The summed E-state index contributed by atoms with van der Waals surface area (Å²) in [5, 5.41) is 11.4. The molecule has 0 saturated carbocycles. The lowest BCUT2D eigenvalue weighted by atomic mass is 10.0. The van der Waals surface area contributed by atoms with E-state index in [9.17, 15) is 18.8 Å². The summed E-state index contributed by atoms with van der Waals surface area (Å²) < 4.78 is 14.0. The number of amides is 1. The number of carbonyl (C=O) groups is 2. The molecule has 0 unspecified atom stereocenters. The van der Waals surface area contributed by atoms with Crippen LogP contribution in [-0.4, -0.2) is 28.5 Å². The zero-order valence-electron chi connectivity index (χ0n) is 11.6. The van der Waals surface area contributed by atoms with Crippen molar-refractivity contribution in [1.82, 2.24) is 10.3 Å². The van der Waals surface area contributed by atoms with Crippen molar-refractivity contribution in [3.05, 3.63) is 57.8 Å². The fraction of sp³-hybridized carbons (Fsp3) is 0.133. The van der Waals surface area contributed by atoms with E-state index in [1.165, 1.54) is 12.1 Å². The molecule has 0 radical (unpaired) electrons. The summed E-state index contributed by atoms with van der Waals surface area (Å²) in [6, 6.07) is 4.83. The minimum Gasteiger partial charge on any atom is -0.478 e. The Morgan fingerprint density at radius 3 is 2.64 bits per heavy atom. The number of aromatic amines is 1. The Hall–Kier alpha value is -2.96. The first-order valence-corrected chi connectivity index (χ1v) is 6.48. The molecule has 0 aliphatic rings. The second-order valence-electron chi connectivity index (χ2n) is 4.49. The third-order valence-corrected chi connectivity index (χ3v) is 3.01. The predicted molar refractivity (Wildman–Crippen MR) is 77.4 cm³/mol. The van der Waals surface area contributed by atoms with Gasteiger partial charge in [0.1, 0.15) is 5.82 Å². The van der Waals surface area contributed by atoms with Gasteiger partial charge in [0.25, 0.3) is 11.5 Å². The van der Waals surface area contributed by atoms with Gasteiger partial charge in [0.15, 0.2) is 0 Å². The number of aromatic nitrogens is 1. The van der Waals surface area contributed by atoms with Crippen LogP contribution >= 0.6 is 0 Å². The number of carboxylic acids is 1. The molecule has 0 aliphatic heterocycles. The first-order valence-electron chi connectivity index (χ1n) is 6.48. The van der Waals surface area contributed by atoms with E-state index in [2.05, 4.69) is 10.3 Å². The summed E-state index contributed by atoms with van der Waals surface area (Å²) in [6.45, 7) is 2.07. The number of nitrogens with one attached hydrogen (secondary N) is 2. The van der Waals surface area contributed by atoms with Crippen LogP contribution in [0.25, 0.3) is 11.1 Å². The number of aromatic carboxylic acids is 1. The number of carboxylic acid groups (broad SMARTS) is 1. The van der Waals surface area contributed by atoms with E-state index in [0.717, 1.165) is 18.3 Å². The molecule has 3 N–H and O–H groups in total. The molecule has 6 nitrogen and oxygen atoms in total. The lowest BCUT2D eigenvalue weighted by molar-refractivity contribution is 0.0696. The molecule has 7 heteroatoms. The Morgan fingerprint density at radius 1 is 1.32 bits per heavy atom. The van der Waals surface area contributed by atoms with Gasteiger partial charge in [-0.3, -0.25) is 9.59 Å². The fourth-order valence-electron chi connectivity index (χ4n) is 1.94. The molecule has 1 amide bonds. The molecule has 114 valence electrons. The summed E-state index contributed by atoms with van der Waals surface area (Å²) in [4.78, 5) is 36.6. The number of rotatable bonds is 4. The SMILES string of the molecule is CCNC(=O)c1ccc(-c2cc(C(=O)O)c[nH]c2=O)cc1F. The van der Waals surface area contributed by atoms with E-state index in [-0.39, 0.29) is 22.3 Å². The van der Waals surface area contributed by atoms with Crippen LogP contribution in [0.4, 0.5) is 4.39 Å². The first kappa shape index (κ1) is 15.4. The lowest BCUT2D eigenvalue weighted by Gasteiger charge is -2.06. The fourth-order valence-corrected chi connectivity index (χ4v) is 1.94. The number of pyridine rings is 1. The van der Waals surface area contributed by atoms with Crippen LogP contribution in [0.3, 0.4) is 0 Å². The van der Waals surface area contributed by atoms with E-state index >= 15 is 0 Å². The number of halogens is 1. The quantitative estimate of drug-likeness (QED) is 0.799. The maximum atomic E-state index is 14.0. The second kappa shape index (κ2) is 6.21. The summed E-state index contributed by atoms with van der Waals surface area (Å²) in [7, 11) is 0. The molecule has 1 aromatic heterocycles. The third-order valence-electron chi connectivity index (χ3n) is 3.01. The van der Waals surface area contributed by atoms with Gasteiger partial charge in [0, 0.05) is 18.3 Å². The van der Waals surface area contributed by atoms with Gasteiger partial charge in [-0.1, -0.05) is 6.07 Å². The standard InChI is InChI=1S/C15H13FN2O4/c1-2-17-13(19)10-4-3-8(6-12(10)16)11-5-9(15(21)22)7-18-14(11)20/h3-7H,2H2,1H3,(H,17,19)(H,18,20)(H,21,22). The molecule has 2 aromatic rings. The Kier molecular flexibility index (Phi) is 4.36. The molecule has 0 fully saturated rings. The van der Waals surface area contributed by atoms with Crippen molar-refractivity contribution in [3.8, 4) is 11.1 Å². The minimum absolute atomic E-state index is 0.0150. The first-order chi connectivity index (χ1) is 10.4. The summed E-state index contributed by atoms with van der Waals surface area (Å²) in [6.07, 6.45) is 1.06. The van der Waals surface area contributed by atoms with Crippen molar-refractivity contribution >= 4 is 11.9 Å². The van der Waals surface area contributed by atoms with Gasteiger partial charge in [-0.15, -0.1) is 0 Å². The van der Waals surface area contributed by atoms with Gasteiger partial charge in [0.05, 0.1) is 11.1 Å². The second-order valence-corrected chi connectivity index (χ2v) is 4.49. The summed E-state index contributed by atoms with van der Waals surface area (Å²) in [5.41, 5.74) is -0.606. The van der Waals surface area contributed by atoms with Gasteiger partial charge in [-0.05, 0) is 30.7 Å². The Bertz CT molecular complexity index is 798. The molecule has 0 saturated heterocycles. The van der Waals surface area contributed by atoms with Gasteiger partial charge < -0.3 is 15.4 Å². The predicted octanol–water partition coefficient (Wildman–Crippen LogP) is 1.63. The molecular weight excluding hydrogens is 291 g/mol. The van der Waals surface area contributed by atoms with Crippen LogP contribution in [0.5, 0.6) is 0 Å². The van der Waals surface area contributed by atoms with Crippen LogP contribution < -0.4 is 10.9 Å². The van der Waals surface area contributed by atoms with Crippen LogP contribution in [0, 0.1) is 5.82 Å².